The molecule has 0 spiro atoms. The van der Waals surface area contributed by atoms with E-state index in [0.29, 0.717) is 28.6 Å². The van der Waals surface area contributed by atoms with E-state index in [1.807, 2.05) is 6.07 Å². The third-order valence-corrected chi connectivity index (χ3v) is 6.83. The predicted octanol–water partition coefficient (Wildman–Crippen LogP) is 3.47. The van der Waals surface area contributed by atoms with Gasteiger partial charge in [0.2, 0.25) is 5.91 Å². The first kappa shape index (κ1) is 17.4. The van der Waals surface area contributed by atoms with Gasteiger partial charge in [0.15, 0.2) is 4.34 Å². The van der Waals surface area contributed by atoms with E-state index in [1.165, 1.54) is 28.0 Å². The van der Waals surface area contributed by atoms with Gasteiger partial charge in [-0.25, -0.2) is 9.88 Å². The largest absolute Gasteiger partial charge is 0.353 e. The minimum absolute atomic E-state index is 0.0264. The second-order valence-electron chi connectivity index (χ2n) is 6.75. The Morgan fingerprint density at radius 3 is 2.54 bits per heavy atom. The van der Waals surface area contributed by atoms with Crippen LogP contribution >= 0.6 is 23.1 Å². The van der Waals surface area contributed by atoms with Gasteiger partial charge in [-0.15, -0.1) is 11.3 Å². The molecule has 1 aromatic heterocycles. The summed E-state index contributed by atoms with van der Waals surface area (Å²) >= 11 is 2.86. The first-order valence-electron chi connectivity index (χ1n) is 8.91. The summed E-state index contributed by atoms with van der Waals surface area (Å²) in [5.41, 5.74) is 2.17. The molecule has 2 aromatic carbocycles. The fourth-order valence-electron chi connectivity index (χ4n) is 3.14. The van der Waals surface area contributed by atoms with E-state index in [0.717, 1.165) is 27.4 Å². The van der Waals surface area contributed by atoms with Crippen LogP contribution in [0.4, 0.5) is 5.69 Å². The van der Waals surface area contributed by atoms with Crippen molar-refractivity contribution in [3.63, 3.8) is 0 Å². The number of thiazole rings is 1. The number of carbonyl (C=O) groups is 3. The summed E-state index contributed by atoms with van der Waals surface area (Å²) in [6.07, 6.45) is 2.14. The Bertz CT molecular complexity index is 1100. The van der Waals surface area contributed by atoms with Gasteiger partial charge in [0.05, 0.1) is 32.8 Å². The van der Waals surface area contributed by atoms with Crippen LogP contribution in [0.1, 0.15) is 33.6 Å². The number of hydrogen-bond donors (Lipinski definition) is 1. The van der Waals surface area contributed by atoms with Crippen LogP contribution in [0.3, 0.4) is 0 Å². The average Bonchev–Trinajstić information content (AvgIpc) is 3.35. The summed E-state index contributed by atoms with van der Waals surface area (Å²) in [6.45, 7) is 0. The van der Waals surface area contributed by atoms with Gasteiger partial charge in [-0.3, -0.25) is 14.4 Å². The molecule has 140 valence electrons. The van der Waals surface area contributed by atoms with Crippen LogP contribution in [-0.2, 0) is 4.79 Å². The van der Waals surface area contributed by atoms with Crippen LogP contribution in [-0.4, -0.2) is 34.5 Å². The zero-order chi connectivity index (χ0) is 19.3. The topological polar surface area (TPSA) is 79.4 Å². The quantitative estimate of drug-likeness (QED) is 0.516. The monoisotopic (exact) mass is 409 g/mol. The van der Waals surface area contributed by atoms with Crippen molar-refractivity contribution in [3.05, 3.63) is 53.6 Å². The second-order valence-corrected chi connectivity index (χ2v) is 9.01. The molecule has 0 atom stereocenters. The van der Waals surface area contributed by atoms with Crippen molar-refractivity contribution in [1.82, 2.24) is 10.3 Å². The van der Waals surface area contributed by atoms with Crippen molar-refractivity contribution in [2.24, 2.45) is 0 Å². The SMILES string of the molecule is O=C(CSc1nc2ccc(N3C(=O)c4ccccc4C3=O)cc2s1)NC1CC1. The molecule has 3 amide bonds. The molecule has 8 heteroatoms. The summed E-state index contributed by atoms with van der Waals surface area (Å²) in [7, 11) is 0. The van der Waals surface area contributed by atoms with Gasteiger partial charge >= 0.3 is 0 Å². The Morgan fingerprint density at radius 2 is 1.86 bits per heavy atom. The van der Waals surface area contributed by atoms with Gasteiger partial charge in [-0.1, -0.05) is 23.9 Å². The molecule has 0 radical (unpaired) electrons. The molecule has 5 rings (SSSR count). The van der Waals surface area contributed by atoms with Crippen molar-refractivity contribution in [2.45, 2.75) is 23.2 Å². The first-order valence-corrected chi connectivity index (χ1v) is 10.7. The molecule has 1 aliphatic carbocycles. The highest BCUT2D eigenvalue weighted by Gasteiger charge is 2.36. The third kappa shape index (κ3) is 3.08. The highest BCUT2D eigenvalue weighted by atomic mass is 32.2. The fraction of sp³-hybridized carbons (Fsp3) is 0.200. The molecule has 0 saturated heterocycles. The number of nitrogens with one attached hydrogen (secondary N) is 1. The van der Waals surface area contributed by atoms with Crippen LogP contribution in [0, 0.1) is 0 Å². The Morgan fingerprint density at radius 1 is 1.14 bits per heavy atom. The lowest BCUT2D eigenvalue weighted by molar-refractivity contribution is -0.118. The minimum atomic E-state index is -0.309. The highest BCUT2D eigenvalue weighted by Crippen LogP contribution is 2.35. The molecule has 1 fully saturated rings. The van der Waals surface area contributed by atoms with Crippen LogP contribution in [0.15, 0.2) is 46.8 Å². The second kappa shape index (κ2) is 6.72. The number of hydrogen-bond acceptors (Lipinski definition) is 6. The maximum Gasteiger partial charge on any atom is 0.266 e. The normalized spacial score (nSPS) is 15.9. The standard InChI is InChI=1S/C20H15N3O3S2/c24-17(21-11-5-6-11)10-27-20-22-15-8-7-12(9-16(15)28-20)23-18(25)13-3-1-2-4-14(13)19(23)26/h1-4,7-9,11H,5-6,10H2,(H,21,24). The molecule has 28 heavy (non-hydrogen) atoms. The molecule has 0 bridgehead atoms. The fourth-order valence-corrected chi connectivity index (χ4v) is 5.05. The van der Waals surface area contributed by atoms with E-state index < -0.39 is 0 Å². The molecular formula is C20H15N3O3S2. The van der Waals surface area contributed by atoms with Gasteiger partial charge in [0.1, 0.15) is 0 Å². The summed E-state index contributed by atoms with van der Waals surface area (Å²) in [4.78, 5) is 42.9. The number of nitrogens with zero attached hydrogens (tertiary/aromatic N) is 2. The molecule has 2 aliphatic rings. The van der Waals surface area contributed by atoms with E-state index in [1.54, 1.807) is 36.4 Å². The van der Waals surface area contributed by atoms with Crippen LogP contribution < -0.4 is 10.2 Å². The smallest absolute Gasteiger partial charge is 0.266 e. The molecular weight excluding hydrogens is 394 g/mol. The maximum absolute atomic E-state index is 12.7. The first-order chi connectivity index (χ1) is 13.6. The zero-order valence-corrected chi connectivity index (χ0v) is 16.3. The van der Waals surface area contributed by atoms with E-state index >= 15 is 0 Å². The molecule has 6 nitrogen and oxygen atoms in total. The van der Waals surface area contributed by atoms with Gasteiger partial charge in [0, 0.05) is 6.04 Å². The number of fused-ring (bicyclic) bond motifs is 2. The number of carbonyl (C=O) groups excluding carboxylic acids is 3. The number of rotatable bonds is 5. The van der Waals surface area contributed by atoms with Gasteiger partial charge in [-0.05, 0) is 43.2 Å². The number of anilines is 1. The Hall–Kier alpha value is -2.71. The van der Waals surface area contributed by atoms with Crippen molar-refractivity contribution in [1.29, 1.82) is 0 Å². The van der Waals surface area contributed by atoms with Gasteiger partial charge in [0.25, 0.3) is 11.8 Å². The van der Waals surface area contributed by atoms with Crippen LogP contribution in [0.2, 0.25) is 0 Å². The van der Waals surface area contributed by atoms with E-state index in [-0.39, 0.29) is 17.7 Å². The zero-order valence-electron chi connectivity index (χ0n) is 14.7. The van der Waals surface area contributed by atoms with Gasteiger partial charge in [-0.2, -0.15) is 0 Å². The lowest BCUT2D eigenvalue weighted by atomic mass is 10.1. The minimum Gasteiger partial charge on any atom is -0.353 e. The molecule has 1 N–H and O–H groups in total. The third-order valence-electron chi connectivity index (χ3n) is 4.67. The molecule has 1 aliphatic heterocycles. The molecule has 0 unspecified atom stereocenters. The highest BCUT2D eigenvalue weighted by molar-refractivity contribution is 8.01. The Kier molecular flexibility index (Phi) is 4.17. The van der Waals surface area contributed by atoms with Crippen LogP contribution in [0.5, 0.6) is 0 Å². The predicted molar refractivity (Wildman–Crippen MR) is 109 cm³/mol. The van der Waals surface area contributed by atoms with Crippen molar-refractivity contribution in [3.8, 4) is 0 Å². The number of amides is 3. The van der Waals surface area contributed by atoms with E-state index in [4.69, 9.17) is 0 Å². The Labute approximate surface area is 168 Å². The van der Waals surface area contributed by atoms with Crippen LogP contribution in [0.25, 0.3) is 10.2 Å². The van der Waals surface area contributed by atoms with Crippen molar-refractivity contribution < 1.29 is 14.4 Å². The summed E-state index contributed by atoms with van der Waals surface area (Å²) < 4.78 is 1.67. The number of thioether (sulfide) groups is 1. The summed E-state index contributed by atoms with van der Waals surface area (Å²) in [6, 6.07) is 12.5. The van der Waals surface area contributed by atoms with E-state index in [2.05, 4.69) is 10.3 Å². The lowest BCUT2D eigenvalue weighted by Crippen LogP contribution is -2.29. The van der Waals surface area contributed by atoms with Crippen molar-refractivity contribution in [2.75, 3.05) is 10.7 Å². The molecule has 2 heterocycles. The van der Waals surface area contributed by atoms with Gasteiger partial charge < -0.3 is 5.32 Å². The number of imide groups is 1. The lowest BCUT2D eigenvalue weighted by Gasteiger charge is -2.13. The number of aromatic nitrogens is 1. The maximum atomic E-state index is 12.7. The Balaban J connectivity index is 1.37. The van der Waals surface area contributed by atoms with E-state index in [9.17, 15) is 14.4 Å². The summed E-state index contributed by atoms with van der Waals surface area (Å²) in [5, 5.41) is 2.96. The van der Waals surface area contributed by atoms with Crippen molar-refractivity contribution >= 4 is 56.7 Å². The number of benzene rings is 2. The average molecular weight is 409 g/mol. The summed E-state index contributed by atoms with van der Waals surface area (Å²) in [5.74, 6) is -0.258. The molecule has 3 aromatic rings. The molecule has 1 saturated carbocycles.